The van der Waals surface area contributed by atoms with Crippen molar-refractivity contribution in [2.75, 3.05) is 13.2 Å². The van der Waals surface area contributed by atoms with Gasteiger partial charge in [0.15, 0.2) is 0 Å². The molecule has 0 aromatic heterocycles. The van der Waals surface area contributed by atoms with Crippen LogP contribution in [-0.4, -0.2) is 13.2 Å². The second kappa shape index (κ2) is 7.37. The lowest BCUT2D eigenvalue weighted by Gasteiger charge is -2.15. The molecule has 1 heteroatoms. The summed E-state index contributed by atoms with van der Waals surface area (Å²) in [7, 11) is 0. The van der Waals surface area contributed by atoms with E-state index in [1.54, 1.807) is 0 Å². The van der Waals surface area contributed by atoms with Gasteiger partial charge in [0.05, 0.1) is 0 Å². The fourth-order valence-corrected chi connectivity index (χ4v) is 1.02. The van der Waals surface area contributed by atoms with Crippen LogP contribution in [0.2, 0.25) is 0 Å². The van der Waals surface area contributed by atoms with Crippen LogP contribution in [0.15, 0.2) is 0 Å². The van der Waals surface area contributed by atoms with Gasteiger partial charge in [0.1, 0.15) is 0 Å². The van der Waals surface area contributed by atoms with Crippen LogP contribution in [0.5, 0.6) is 0 Å². The van der Waals surface area contributed by atoms with Crippen LogP contribution in [0, 0.1) is 17.8 Å². The first kappa shape index (κ1) is 13.0. The van der Waals surface area contributed by atoms with Crippen molar-refractivity contribution in [1.82, 2.24) is 0 Å². The average Bonchev–Trinajstić information content (AvgIpc) is 2.02. The molecule has 0 saturated carbocycles. The maximum Gasteiger partial charge on any atom is 0.0468 e. The Morgan fingerprint density at radius 2 is 1.38 bits per heavy atom. The third-order valence-electron chi connectivity index (χ3n) is 2.70. The van der Waals surface area contributed by atoms with Crippen molar-refractivity contribution < 1.29 is 4.74 Å². The fraction of sp³-hybridized carbons (Fsp3) is 1.00. The van der Waals surface area contributed by atoms with Crippen LogP contribution in [0.25, 0.3) is 0 Å². The van der Waals surface area contributed by atoms with Crippen LogP contribution < -0.4 is 0 Å². The first-order valence-electron chi connectivity index (χ1n) is 5.61. The van der Waals surface area contributed by atoms with Crippen molar-refractivity contribution in [3.8, 4) is 0 Å². The topological polar surface area (TPSA) is 9.23 Å². The van der Waals surface area contributed by atoms with Crippen LogP contribution in [-0.2, 0) is 4.74 Å². The van der Waals surface area contributed by atoms with Gasteiger partial charge in [0, 0.05) is 13.2 Å². The fourth-order valence-electron chi connectivity index (χ4n) is 1.02. The second-order valence-corrected chi connectivity index (χ2v) is 4.80. The molecule has 0 radical (unpaired) electrons. The molecule has 0 amide bonds. The molecular formula is C12H26O. The smallest absolute Gasteiger partial charge is 0.0468 e. The van der Waals surface area contributed by atoms with Gasteiger partial charge < -0.3 is 4.74 Å². The van der Waals surface area contributed by atoms with Crippen LogP contribution in [0.4, 0.5) is 0 Å². The lowest BCUT2D eigenvalue weighted by atomic mass is 9.95. The van der Waals surface area contributed by atoms with Gasteiger partial charge in [-0.15, -0.1) is 0 Å². The maximum absolute atomic E-state index is 5.57. The zero-order valence-electron chi connectivity index (χ0n) is 9.97. The minimum absolute atomic E-state index is 0.766. The summed E-state index contributed by atoms with van der Waals surface area (Å²) >= 11 is 0. The minimum atomic E-state index is 0.766. The molecule has 0 fully saturated rings. The molecule has 80 valence electrons. The molecule has 0 aliphatic rings. The van der Waals surface area contributed by atoms with E-state index in [0.29, 0.717) is 0 Å². The molecule has 0 bridgehead atoms. The van der Waals surface area contributed by atoms with E-state index in [-0.39, 0.29) is 0 Å². The molecular weight excluding hydrogens is 160 g/mol. The van der Waals surface area contributed by atoms with Gasteiger partial charge >= 0.3 is 0 Å². The first-order chi connectivity index (χ1) is 6.04. The predicted octanol–water partition coefficient (Wildman–Crippen LogP) is 3.73. The SMILES string of the molecule is CC(C)CCOCC[C@@H](C)C(C)C. The van der Waals surface area contributed by atoms with Crippen molar-refractivity contribution >= 4 is 0 Å². The molecule has 0 saturated heterocycles. The molecule has 1 atom stereocenters. The third-order valence-corrected chi connectivity index (χ3v) is 2.70. The zero-order chi connectivity index (χ0) is 10.3. The zero-order valence-corrected chi connectivity index (χ0v) is 9.97. The molecule has 0 unspecified atom stereocenters. The van der Waals surface area contributed by atoms with Gasteiger partial charge in [-0.25, -0.2) is 0 Å². The Kier molecular flexibility index (Phi) is 7.35. The Hall–Kier alpha value is -0.0400. The normalized spacial score (nSPS) is 14.1. The van der Waals surface area contributed by atoms with Gasteiger partial charge in [-0.3, -0.25) is 0 Å². The summed E-state index contributed by atoms with van der Waals surface area (Å²) in [5, 5.41) is 0. The molecule has 0 N–H and O–H groups in total. The van der Waals surface area contributed by atoms with Crippen LogP contribution in [0.3, 0.4) is 0 Å². The predicted molar refractivity (Wildman–Crippen MR) is 58.9 cm³/mol. The Balaban J connectivity index is 3.16. The van der Waals surface area contributed by atoms with Gasteiger partial charge in [0.25, 0.3) is 0 Å². The summed E-state index contributed by atoms with van der Waals surface area (Å²) in [6.45, 7) is 13.2. The average molecular weight is 186 g/mol. The molecule has 0 aromatic carbocycles. The molecule has 0 aliphatic heterocycles. The molecule has 13 heavy (non-hydrogen) atoms. The molecule has 0 aliphatic carbocycles. The maximum atomic E-state index is 5.57. The van der Waals surface area contributed by atoms with E-state index in [4.69, 9.17) is 4.74 Å². The molecule has 0 heterocycles. The Bertz CT molecular complexity index is 108. The summed E-state index contributed by atoms with van der Waals surface area (Å²) < 4.78 is 5.57. The van der Waals surface area contributed by atoms with Crippen molar-refractivity contribution in [3.05, 3.63) is 0 Å². The van der Waals surface area contributed by atoms with E-state index >= 15 is 0 Å². The number of hydrogen-bond donors (Lipinski definition) is 0. The summed E-state index contributed by atoms with van der Waals surface area (Å²) in [4.78, 5) is 0. The minimum Gasteiger partial charge on any atom is -0.381 e. The van der Waals surface area contributed by atoms with E-state index in [2.05, 4.69) is 34.6 Å². The Morgan fingerprint density at radius 1 is 0.846 bits per heavy atom. The highest BCUT2D eigenvalue weighted by atomic mass is 16.5. The summed E-state index contributed by atoms with van der Waals surface area (Å²) in [5.74, 6) is 2.34. The van der Waals surface area contributed by atoms with Crippen LogP contribution >= 0.6 is 0 Å². The van der Waals surface area contributed by atoms with Crippen LogP contribution in [0.1, 0.15) is 47.5 Å². The van der Waals surface area contributed by atoms with Crippen molar-refractivity contribution in [1.29, 1.82) is 0 Å². The summed E-state index contributed by atoms with van der Waals surface area (Å²) in [6.07, 6.45) is 2.39. The number of ether oxygens (including phenoxy) is 1. The summed E-state index contributed by atoms with van der Waals surface area (Å²) in [6, 6.07) is 0. The van der Waals surface area contributed by atoms with Gasteiger partial charge in [0.2, 0.25) is 0 Å². The van der Waals surface area contributed by atoms with E-state index in [9.17, 15) is 0 Å². The lowest BCUT2D eigenvalue weighted by Crippen LogP contribution is -2.09. The highest BCUT2D eigenvalue weighted by Crippen LogP contribution is 2.13. The second-order valence-electron chi connectivity index (χ2n) is 4.80. The number of rotatable bonds is 7. The quantitative estimate of drug-likeness (QED) is 0.550. The van der Waals surface area contributed by atoms with Gasteiger partial charge in [-0.2, -0.15) is 0 Å². The van der Waals surface area contributed by atoms with Crippen molar-refractivity contribution in [2.45, 2.75) is 47.5 Å². The molecule has 0 aromatic rings. The highest BCUT2D eigenvalue weighted by Gasteiger charge is 2.06. The summed E-state index contributed by atoms with van der Waals surface area (Å²) in [5.41, 5.74) is 0. The highest BCUT2D eigenvalue weighted by molar-refractivity contribution is 4.56. The third kappa shape index (κ3) is 8.29. The van der Waals surface area contributed by atoms with Crippen molar-refractivity contribution in [3.63, 3.8) is 0 Å². The molecule has 0 spiro atoms. The van der Waals surface area contributed by atoms with Gasteiger partial charge in [-0.1, -0.05) is 34.6 Å². The molecule has 1 nitrogen and oxygen atoms in total. The number of hydrogen-bond acceptors (Lipinski definition) is 1. The van der Waals surface area contributed by atoms with Crippen molar-refractivity contribution in [2.24, 2.45) is 17.8 Å². The van der Waals surface area contributed by atoms with E-state index < -0.39 is 0 Å². The van der Waals surface area contributed by atoms with E-state index in [0.717, 1.165) is 31.0 Å². The first-order valence-corrected chi connectivity index (χ1v) is 5.61. The molecule has 0 rings (SSSR count). The largest absolute Gasteiger partial charge is 0.381 e. The monoisotopic (exact) mass is 186 g/mol. The Morgan fingerprint density at radius 3 is 1.85 bits per heavy atom. The van der Waals surface area contributed by atoms with Gasteiger partial charge in [-0.05, 0) is 30.6 Å². The van der Waals surface area contributed by atoms with E-state index in [1.165, 1.54) is 12.8 Å². The lowest BCUT2D eigenvalue weighted by molar-refractivity contribution is 0.107. The van der Waals surface area contributed by atoms with E-state index in [1.807, 2.05) is 0 Å². The Labute approximate surface area is 83.9 Å². The standard InChI is InChI=1S/C12H26O/c1-10(2)6-8-13-9-7-12(5)11(3)4/h10-12H,6-9H2,1-5H3/t12-/m1/s1.